The number of hydrogen-bond donors (Lipinski definition) is 1. The Morgan fingerprint density at radius 2 is 1.75 bits per heavy atom. The summed E-state index contributed by atoms with van der Waals surface area (Å²) in [6.45, 7) is 4.40. The predicted molar refractivity (Wildman–Crippen MR) is 81.7 cm³/mol. The molecule has 106 valence electrons. The summed E-state index contributed by atoms with van der Waals surface area (Å²) in [6.07, 6.45) is 1.03. The lowest BCUT2D eigenvalue weighted by atomic mass is 10.1. The number of anilines is 1. The highest BCUT2D eigenvalue weighted by Gasteiger charge is 2.12. The van der Waals surface area contributed by atoms with Crippen LogP contribution in [0.1, 0.15) is 24.5 Å². The largest absolute Gasteiger partial charge is 0.398 e. The molecule has 0 aliphatic rings. The molecule has 0 heterocycles. The van der Waals surface area contributed by atoms with Crippen molar-refractivity contribution in [2.24, 2.45) is 0 Å². The standard InChI is InChI=1S/C17H21FN2/c1-2-11-20(12-14-7-4-3-5-8-14)13-15-16(18)9-6-10-17(15)19/h3-10H,2,11-13,19H2,1H3. The first-order valence-corrected chi connectivity index (χ1v) is 7.00. The van der Waals surface area contributed by atoms with Gasteiger partial charge in [0.15, 0.2) is 0 Å². The smallest absolute Gasteiger partial charge is 0.129 e. The van der Waals surface area contributed by atoms with E-state index in [9.17, 15) is 4.39 Å². The Hall–Kier alpha value is -1.87. The van der Waals surface area contributed by atoms with Gasteiger partial charge in [0.1, 0.15) is 5.82 Å². The van der Waals surface area contributed by atoms with Crippen molar-refractivity contribution >= 4 is 5.69 Å². The Morgan fingerprint density at radius 1 is 1.00 bits per heavy atom. The van der Waals surface area contributed by atoms with Crippen LogP contribution in [0.2, 0.25) is 0 Å². The molecule has 0 fully saturated rings. The van der Waals surface area contributed by atoms with E-state index in [1.807, 2.05) is 18.2 Å². The molecule has 2 aromatic rings. The zero-order valence-corrected chi connectivity index (χ0v) is 11.8. The van der Waals surface area contributed by atoms with E-state index in [1.165, 1.54) is 11.6 Å². The molecule has 20 heavy (non-hydrogen) atoms. The number of hydrogen-bond acceptors (Lipinski definition) is 2. The molecule has 0 saturated heterocycles. The summed E-state index contributed by atoms with van der Waals surface area (Å²) in [7, 11) is 0. The van der Waals surface area contributed by atoms with Crippen LogP contribution in [0.4, 0.5) is 10.1 Å². The van der Waals surface area contributed by atoms with Gasteiger partial charge in [0.25, 0.3) is 0 Å². The highest BCUT2D eigenvalue weighted by Crippen LogP contribution is 2.19. The number of halogens is 1. The second kappa shape index (κ2) is 7.06. The SMILES string of the molecule is CCCN(Cc1ccccc1)Cc1c(N)cccc1F. The minimum atomic E-state index is -0.223. The van der Waals surface area contributed by atoms with Crippen molar-refractivity contribution in [2.75, 3.05) is 12.3 Å². The van der Waals surface area contributed by atoms with Crippen molar-refractivity contribution in [3.05, 3.63) is 65.5 Å². The van der Waals surface area contributed by atoms with Gasteiger partial charge in [-0.3, -0.25) is 4.90 Å². The lowest BCUT2D eigenvalue weighted by Gasteiger charge is -2.23. The van der Waals surface area contributed by atoms with E-state index in [-0.39, 0.29) is 5.82 Å². The van der Waals surface area contributed by atoms with Crippen molar-refractivity contribution in [1.82, 2.24) is 4.90 Å². The molecule has 0 unspecified atom stereocenters. The molecule has 0 amide bonds. The fourth-order valence-corrected chi connectivity index (χ4v) is 2.34. The first-order chi connectivity index (χ1) is 9.70. The average Bonchev–Trinajstić information content (AvgIpc) is 2.44. The molecular formula is C17H21FN2. The summed E-state index contributed by atoms with van der Waals surface area (Å²) >= 11 is 0. The molecule has 3 heteroatoms. The van der Waals surface area contributed by atoms with Gasteiger partial charge in [-0.1, -0.05) is 43.3 Å². The summed E-state index contributed by atoms with van der Waals surface area (Å²) in [6, 6.07) is 15.1. The topological polar surface area (TPSA) is 29.3 Å². The minimum Gasteiger partial charge on any atom is -0.398 e. The highest BCUT2D eigenvalue weighted by atomic mass is 19.1. The van der Waals surface area contributed by atoms with E-state index in [0.717, 1.165) is 19.5 Å². The summed E-state index contributed by atoms with van der Waals surface area (Å²) in [5, 5.41) is 0. The molecule has 2 nitrogen and oxygen atoms in total. The Kier molecular flexibility index (Phi) is 5.13. The van der Waals surface area contributed by atoms with Gasteiger partial charge < -0.3 is 5.73 Å². The van der Waals surface area contributed by atoms with Crippen LogP contribution in [0.3, 0.4) is 0 Å². The Bertz CT molecular complexity index is 520. The molecule has 0 aliphatic carbocycles. The maximum atomic E-state index is 13.9. The second-order valence-electron chi connectivity index (χ2n) is 5.00. The maximum Gasteiger partial charge on any atom is 0.129 e. The lowest BCUT2D eigenvalue weighted by Crippen LogP contribution is -2.24. The van der Waals surface area contributed by atoms with E-state index in [4.69, 9.17) is 5.73 Å². The van der Waals surface area contributed by atoms with Crippen LogP contribution < -0.4 is 5.73 Å². The predicted octanol–water partition coefficient (Wildman–Crippen LogP) is 3.82. The fourth-order valence-electron chi connectivity index (χ4n) is 2.34. The van der Waals surface area contributed by atoms with Gasteiger partial charge in [-0.15, -0.1) is 0 Å². The van der Waals surface area contributed by atoms with E-state index in [2.05, 4.69) is 24.0 Å². The highest BCUT2D eigenvalue weighted by molar-refractivity contribution is 5.47. The zero-order valence-electron chi connectivity index (χ0n) is 11.8. The third-order valence-electron chi connectivity index (χ3n) is 3.33. The van der Waals surface area contributed by atoms with Gasteiger partial charge >= 0.3 is 0 Å². The molecule has 0 atom stereocenters. The van der Waals surface area contributed by atoms with Crippen LogP contribution >= 0.6 is 0 Å². The molecule has 0 aromatic heterocycles. The van der Waals surface area contributed by atoms with Gasteiger partial charge in [-0.05, 0) is 30.7 Å². The van der Waals surface area contributed by atoms with Gasteiger partial charge in [0, 0.05) is 24.3 Å². The molecule has 0 bridgehead atoms. The monoisotopic (exact) mass is 272 g/mol. The van der Waals surface area contributed by atoms with Crippen molar-refractivity contribution in [3.8, 4) is 0 Å². The van der Waals surface area contributed by atoms with E-state index >= 15 is 0 Å². The van der Waals surface area contributed by atoms with Crippen molar-refractivity contribution in [1.29, 1.82) is 0 Å². The normalized spacial score (nSPS) is 10.9. The Labute approximate surface area is 120 Å². The van der Waals surface area contributed by atoms with Crippen molar-refractivity contribution < 1.29 is 4.39 Å². The second-order valence-corrected chi connectivity index (χ2v) is 5.00. The van der Waals surface area contributed by atoms with Crippen LogP contribution in [0.25, 0.3) is 0 Å². The first kappa shape index (κ1) is 14.5. The van der Waals surface area contributed by atoms with Gasteiger partial charge in [-0.25, -0.2) is 4.39 Å². The third kappa shape index (κ3) is 3.81. The molecule has 0 aliphatic heterocycles. The van der Waals surface area contributed by atoms with Crippen molar-refractivity contribution in [2.45, 2.75) is 26.4 Å². The zero-order chi connectivity index (χ0) is 14.4. The molecule has 2 N–H and O–H groups in total. The average molecular weight is 272 g/mol. The van der Waals surface area contributed by atoms with Crippen molar-refractivity contribution in [3.63, 3.8) is 0 Å². The molecule has 2 rings (SSSR count). The Balaban J connectivity index is 2.13. The summed E-state index contributed by atoms with van der Waals surface area (Å²) in [4.78, 5) is 2.23. The lowest BCUT2D eigenvalue weighted by molar-refractivity contribution is 0.254. The number of rotatable bonds is 6. The van der Waals surface area contributed by atoms with Crippen LogP contribution in [-0.2, 0) is 13.1 Å². The van der Waals surface area contributed by atoms with Crippen LogP contribution in [0.5, 0.6) is 0 Å². The fraction of sp³-hybridized carbons (Fsp3) is 0.294. The van der Waals surface area contributed by atoms with E-state index in [1.54, 1.807) is 12.1 Å². The molecule has 0 spiro atoms. The van der Waals surface area contributed by atoms with Gasteiger partial charge in [0.05, 0.1) is 0 Å². The van der Waals surface area contributed by atoms with Crippen LogP contribution in [0, 0.1) is 5.82 Å². The van der Waals surface area contributed by atoms with Crippen LogP contribution in [-0.4, -0.2) is 11.4 Å². The quantitative estimate of drug-likeness (QED) is 0.810. The van der Waals surface area contributed by atoms with E-state index in [0.29, 0.717) is 17.8 Å². The van der Waals surface area contributed by atoms with E-state index < -0.39 is 0 Å². The van der Waals surface area contributed by atoms with Gasteiger partial charge in [-0.2, -0.15) is 0 Å². The molecule has 0 saturated carbocycles. The van der Waals surface area contributed by atoms with Gasteiger partial charge in [0.2, 0.25) is 0 Å². The summed E-state index contributed by atoms with van der Waals surface area (Å²) < 4.78 is 13.9. The summed E-state index contributed by atoms with van der Waals surface area (Å²) in [5.41, 5.74) is 8.25. The summed E-state index contributed by atoms with van der Waals surface area (Å²) in [5.74, 6) is -0.223. The number of nitrogens with two attached hydrogens (primary N) is 1. The molecule has 0 radical (unpaired) electrons. The first-order valence-electron chi connectivity index (χ1n) is 7.00. The number of nitrogens with zero attached hydrogens (tertiary/aromatic N) is 1. The molecule has 2 aromatic carbocycles. The third-order valence-corrected chi connectivity index (χ3v) is 3.33. The Morgan fingerprint density at radius 3 is 2.40 bits per heavy atom. The maximum absolute atomic E-state index is 13.9. The number of benzene rings is 2. The van der Waals surface area contributed by atoms with Crippen LogP contribution in [0.15, 0.2) is 48.5 Å². The molecular weight excluding hydrogens is 251 g/mol. The number of nitrogen functional groups attached to an aromatic ring is 1. The minimum absolute atomic E-state index is 0.223.